The van der Waals surface area contributed by atoms with Crippen molar-refractivity contribution in [3.05, 3.63) is 58.1 Å². The number of hydrogen-bond acceptors (Lipinski definition) is 5. The first-order valence-corrected chi connectivity index (χ1v) is 7.69. The van der Waals surface area contributed by atoms with Gasteiger partial charge in [-0.25, -0.2) is 0 Å². The third-order valence-corrected chi connectivity index (χ3v) is 3.65. The first-order valence-electron chi connectivity index (χ1n) is 7.69. The average Bonchev–Trinajstić information content (AvgIpc) is 2.61. The zero-order valence-corrected chi connectivity index (χ0v) is 14.3. The number of nitrogens with one attached hydrogen (secondary N) is 2. The van der Waals surface area contributed by atoms with Crippen LogP contribution in [0.1, 0.15) is 12.5 Å². The number of benzene rings is 2. The van der Waals surface area contributed by atoms with Gasteiger partial charge in [0, 0.05) is 12.1 Å². The number of hydrogen-bond donors (Lipinski definition) is 2. The highest BCUT2D eigenvalue weighted by molar-refractivity contribution is 5.97. The fraction of sp³-hybridized carbons (Fsp3) is 0.235. The van der Waals surface area contributed by atoms with Crippen LogP contribution in [0.2, 0.25) is 0 Å². The quantitative estimate of drug-likeness (QED) is 0.580. The molecular weight excluding hydrogens is 367 g/mol. The van der Waals surface area contributed by atoms with Gasteiger partial charge in [0.05, 0.1) is 29.0 Å². The number of nitro groups is 1. The van der Waals surface area contributed by atoms with Crippen molar-refractivity contribution in [2.45, 2.75) is 19.1 Å². The zero-order valence-electron chi connectivity index (χ0n) is 14.3. The molecule has 1 atom stereocenters. The Morgan fingerprint density at radius 3 is 2.44 bits per heavy atom. The summed E-state index contributed by atoms with van der Waals surface area (Å²) in [7, 11) is 1.44. The number of nitrogens with zero attached hydrogens (tertiary/aromatic N) is 1. The molecule has 0 aliphatic rings. The van der Waals surface area contributed by atoms with E-state index in [1.807, 2.05) is 0 Å². The number of ether oxygens (including phenoxy) is 1. The Morgan fingerprint density at radius 2 is 1.85 bits per heavy atom. The fourth-order valence-electron chi connectivity index (χ4n) is 2.29. The van der Waals surface area contributed by atoms with Gasteiger partial charge >= 0.3 is 6.18 Å². The molecule has 0 aromatic heterocycles. The number of alkyl halides is 3. The SMILES string of the molecule is COc1ccccc1NC(C)C(=O)Nc1ccc([N+](=O)[O-])cc1C(F)(F)F. The van der Waals surface area contributed by atoms with Crippen LogP contribution < -0.4 is 15.4 Å². The number of nitro benzene ring substituents is 1. The molecule has 2 rings (SSSR count). The maximum Gasteiger partial charge on any atom is 0.418 e. The highest BCUT2D eigenvalue weighted by Gasteiger charge is 2.36. The molecule has 0 aliphatic heterocycles. The number of non-ortho nitro benzene ring substituents is 1. The molecule has 0 heterocycles. The number of amides is 1. The molecule has 0 spiro atoms. The van der Waals surface area contributed by atoms with Gasteiger partial charge in [-0.2, -0.15) is 13.2 Å². The van der Waals surface area contributed by atoms with Crippen LogP contribution in [0.5, 0.6) is 5.75 Å². The lowest BCUT2D eigenvalue weighted by Gasteiger charge is -2.19. The standard InChI is InChI=1S/C17H16F3N3O4/c1-10(21-14-5-3-4-6-15(14)27-2)16(24)22-13-8-7-11(23(25)26)9-12(13)17(18,19)20/h3-10,21H,1-2H3,(H,22,24). The summed E-state index contributed by atoms with van der Waals surface area (Å²) >= 11 is 0. The Labute approximate surface area is 152 Å². The van der Waals surface area contributed by atoms with E-state index in [1.165, 1.54) is 14.0 Å². The number of carbonyl (C=O) groups is 1. The zero-order chi connectivity index (χ0) is 20.2. The van der Waals surface area contributed by atoms with Gasteiger partial charge in [0.2, 0.25) is 5.91 Å². The van der Waals surface area contributed by atoms with Crippen molar-refractivity contribution < 1.29 is 27.6 Å². The van der Waals surface area contributed by atoms with Crippen LogP contribution in [0.4, 0.5) is 30.2 Å². The molecule has 0 bridgehead atoms. The Hall–Kier alpha value is -3.30. The maximum absolute atomic E-state index is 13.2. The summed E-state index contributed by atoms with van der Waals surface area (Å²) in [5.41, 5.74) is -2.09. The van der Waals surface area contributed by atoms with Crippen molar-refractivity contribution >= 4 is 23.0 Å². The van der Waals surface area contributed by atoms with E-state index in [9.17, 15) is 28.1 Å². The molecule has 7 nitrogen and oxygen atoms in total. The average molecular weight is 383 g/mol. The van der Waals surface area contributed by atoms with Crippen LogP contribution >= 0.6 is 0 Å². The third kappa shape index (κ3) is 4.87. The summed E-state index contributed by atoms with van der Waals surface area (Å²) in [4.78, 5) is 22.1. The van der Waals surface area contributed by atoms with Crippen molar-refractivity contribution in [2.75, 3.05) is 17.7 Å². The summed E-state index contributed by atoms with van der Waals surface area (Å²) in [5.74, 6) is -0.288. The van der Waals surface area contributed by atoms with E-state index in [2.05, 4.69) is 10.6 Å². The number of carbonyl (C=O) groups excluding carboxylic acids is 1. The second kappa shape index (κ2) is 7.94. The Balaban J connectivity index is 2.23. The summed E-state index contributed by atoms with van der Waals surface area (Å²) < 4.78 is 44.7. The van der Waals surface area contributed by atoms with Gasteiger partial charge in [0.1, 0.15) is 11.8 Å². The maximum atomic E-state index is 13.2. The summed E-state index contributed by atoms with van der Waals surface area (Å²) in [5, 5.41) is 15.7. The molecule has 0 fully saturated rings. The van der Waals surface area contributed by atoms with E-state index in [1.54, 1.807) is 24.3 Å². The van der Waals surface area contributed by atoms with Gasteiger partial charge in [0.25, 0.3) is 5.69 Å². The topological polar surface area (TPSA) is 93.5 Å². The van der Waals surface area contributed by atoms with Crippen molar-refractivity contribution in [1.29, 1.82) is 0 Å². The van der Waals surface area contributed by atoms with E-state index >= 15 is 0 Å². The number of methoxy groups -OCH3 is 1. The van der Waals surface area contributed by atoms with Crippen molar-refractivity contribution in [3.8, 4) is 5.75 Å². The van der Waals surface area contributed by atoms with Crippen LogP contribution in [0, 0.1) is 10.1 Å². The van der Waals surface area contributed by atoms with Crippen molar-refractivity contribution in [1.82, 2.24) is 0 Å². The van der Waals surface area contributed by atoms with Crippen LogP contribution in [-0.4, -0.2) is 24.0 Å². The summed E-state index contributed by atoms with van der Waals surface area (Å²) in [6, 6.07) is 7.96. The molecule has 2 aromatic rings. The molecule has 0 saturated carbocycles. The lowest BCUT2D eigenvalue weighted by molar-refractivity contribution is -0.385. The number of para-hydroxylation sites is 2. The third-order valence-electron chi connectivity index (χ3n) is 3.65. The fourth-order valence-corrected chi connectivity index (χ4v) is 2.29. The highest BCUT2D eigenvalue weighted by Crippen LogP contribution is 2.37. The van der Waals surface area contributed by atoms with Crippen molar-refractivity contribution in [2.24, 2.45) is 0 Å². The first-order chi connectivity index (χ1) is 12.6. The smallest absolute Gasteiger partial charge is 0.418 e. The lowest BCUT2D eigenvalue weighted by atomic mass is 10.1. The molecule has 1 amide bonds. The second-order valence-electron chi connectivity index (χ2n) is 5.54. The number of halogens is 3. The van der Waals surface area contributed by atoms with E-state index in [-0.39, 0.29) is 0 Å². The lowest BCUT2D eigenvalue weighted by Crippen LogP contribution is -2.32. The molecule has 1 unspecified atom stereocenters. The molecule has 10 heteroatoms. The van der Waals surface area contributed by atoms with E-state index < -0.39 is 40.0 Å². The van der Waals surface area contributed by atoms with Crippen molar-refractivity contribution in [3.63, 3.8) is 0 Å². The molecule has 0 aliphatic carbocycles. The predicted molar refractivity (Wildman–Crippen MR) is 92.8 cm³/mol. The molecule has 0 radical (unpaired) electrons. The van der Waals surface area contributed by atoms with Crippen LogP contribution in [0.3, 0.4) is 0 Å². The van der Waals surface area contributed by atoms with E-state index in [0.29, 0.717) is 17.5 Å². The first kappa shape index (κ1) is 20.0. The van der Waals surface area contributed by atoms with Crippen LogP contribution in [0.25, 0.3) is 0 Å². The molecule has 27 heavy (non-hydrogen) atoms. The monoisotopic (exact) mass is 383 g/mol. The highest BCUT2D eigenvalue weighted by atomic mass is 19.4. The van der Waals surface area contributed by atoms with Gasteiger partial charge < -0.3 is 15.4 Å². The summed E-state index contributed by atoms with van der Waals surface area (Å²) in [6.45, 7) is 1.46. The minimum atomic E-state index is -4.87. The minimum Gasteiger partial charge on any atom is -0.495 e. The molecule has 2 N–H and O–H groups in total. The van der Waals surface area contributed by atoms with E-state index in [0.717, 1.165) is 12.1 Å². The van der Waals surface area contributed by atoms with Gasteiger partial charge in [-0.15, -0.1) is 0 Å². The van der Waals surface area contributed by atoms with Gasteiger partial charge in [-0.1, -0.05) is 12.1 Å². The van der Waals surface area contributed by atoms with E-state index in [4.69, 9.17) is 4.74 Å². The van der Waals surface area contributed by atoms with Gasteiger partial charge in [-0.3, -0.25) is 14.9 Å². The number of anilines is 2. The molecule has 144 valence electrons. The Kier molecular flexibility index (Phi) is 5.88. The number of rotatable bonds is 6. The van der Waals surface area contributed by atoms with Crippen LogP contribution in [0.15, 0.2) is 42.5 Å². The Morgan fingerprint density at radius 1 is 1.19 bits per heavy atom. The normalized spacial score (nSPS) is 12.2. The molecular formula is C17H16F3N3O4. The second-order valence-corrected chi connectivity index (χ2v) is 5.54. The van der Waals surface area contributed by atoms with Gasteiger partial charge in [-0.05, 0) is 25.1 Å². The molecule has 0 saturated heterocycles. The largest absolute Gasteiger partial charge is 0.495 e. The van der Waals surface area contributed by atoms with Gasteiger partial charge in [0.15, 0.2) is 0 Å². The van der Waals surface area contributed by atoms with Crippen LogP contribution in [-0.2, 0) is 11.0 Å². The predicted octanol–water partition coefficient (Wildman–Crippen LogP) is 4.06. The molecule has 2 aromatic carbocycles. The summed E-state index contributed by atoms with van der Waals surface area (Å²) in [6.07, 6.45) is -4.87. The minimum absolute atomic E-state index is 0.383. The Bertz CT molecular complexity index is 856.